The van der Waals surface area contributed by atoms with Crippen LogP contribution in [0, 0.1) is 6.92 Å². The van der Waals surface area contributed by atoms with Crippen LogP contribution < -0.4 is 14.9 Å². The fourth-order valence-electron chi connectivity index (χ4n) is 3.94. The van der Waals surface area contributed by atoms with Crippen molar-refractivity contribution in [3.8, 4) is 0 Å². The number of benzene rings is 2. The summed E-state index contributed by atoms with van der Waals surface area (Å²) in [5.41, 5.74) is 3.71. The van der Waals surface area contributed by atoms with Gasteiger partial charge in [0, 0.05) is 41.6 Å². The molecule has 0 radical (unpaired) electrons. The summed E-state index contributed by atoms with van der Waals surface area (Å²) in [6.07, 6.45) is 2.02. The number of hydrogen-bond donors (Lipinski definition) is 2. The third kappa shape index (κ3) is 4.30. The number of piperazine rings is 1. The van der Waals surface area contributed by atoms with Crippen LogP contribution in [-0.2, 0) is 16.4 Å². The molecule has 0 spiro atoms. The van der Waals surface area contributed by atoms with Gasteiger partial charge in [-0.2, -0.15) is 0 Å². The van der Waals surface area contributed by atoms with Crippen molar-refractivity contribution in [1.82, 2.24) is 5.32 Å². The highest BCUT2D eigenvalue weighted by Gasteiger charge is 2.23. The first-order valence-electron chi connectivity index (χ1n) is 10.2. The predicted octanol–water partition coefficient (Wildman–Crippen LogP) is 5.03. The Balaban J connectivity index is 1.68. The molecule has 0 amide bonds. The van der Waals surface area contributed by atoms with Gasteiger partial charge in [0.05, 0.1) is 5.69 Å². The maximum Gasteiger partial charge on any atom is 0.271 e. The Kier molecular flexibility index (Phi) is 6.25. The highest BCUT2D eigenvalue weighted by Crippen LogP contribution is 2.37. The summed E-state index contributed by atoms with van der Waals surface area (Å²) in [6.45, 7) is 7.71. The molecule has 4 rings (SSSR count). The Hall–Kier alpha value is -1.80. The van der Waals surface area contributed by atoms with Gasteiger partial charge in [-0.25, -0.2) is 8.42 Å². The molecule has 30 heavy (non-hydrogen) atoms. The zero-order valence-electron chi connectivity index (χ0n) is 17.2. The molecule has 3 aromatic rings. The Morgan fingerprint density at radius 2 is 1.93 bits per heavy atom. The first-order chi connectivity index (χ1) is 14.4. The molecule has 0 aliphatic carbocycles. The number of rotatable bonds is 6. The zero-order valence-corrected chi connectivity index (χ0v) is 19.6. The van der Waals surface area contributed by atoms with E-state index in [4.69, 9.17) is 11.6 Å². The fraction of sp³-hybridized carbons (Fsp3) is 0.364. The summed E-state index contributed by atoms with van der Waals surface area (Å²) in [7, 11) is -3.70. The minimum absolute atomic E-state index is 0.334. The molecule has 2 N–H and O–H groups in total. The van der Waals surface area contributed by atoms with Gasteiger partial charge in [-0.05, 0) is 60.2 Å². The van der Waals surface area contributed by atoms with Crippen LogP contribution in [0.1, 0.15) is 24.5 Å². The molecule has 1 saturated heterocycles. The Bertz CT molecular complexity index is 1170. The second-order valence-corrected chi connectivity index (χ2v) is 11.0. The number of aryl methyl sites for hydroxylation is 2. The first kappa shape index (κ1) is 21.4. The number of thiophene rings is 1. The van der Waals surface area contributed by atoms with Crippen LogP contribution in [0.5, 0.6) is 0 Å². The lowest BCUT2D eigenvalue weighted by Crippen LogP contribution is -2.43. The average molecular weight is 464 g/mol. The molecule has 160 valence electrons. The van der Waals surface area contributed by atoms with Gasteiger partial charge in [-0.15, -0.1) is 11.3 Å². The van der Waals surface area contributed by atoms with Crippen LogP contribution >= 0.6 is 22.9 Å². The Morgan fingerprint density at radius 3 is 2.67 bits per heavy atom. The lowest BCUT2D eigenvalue weighted by atomic mass is 10.1. The van der Waals surface area contributed by atoms with Gasteiger partial charge in [0.15, 0.2) is 0 Å². The number of anilines is 2. The largest absolute Gasteiger partial charge is 0.369 e. The maximum absolute atomic E-state index is 13.2. The van der Waals surface area contributed by atoms with Crippen LogP contribution in [-0.4, -0.2) is 34.6 Å². The van der Waals surface area contributed by atoms with Gasteiger partial charge >= 0.3 is 0 Å². The molecular formula is C22H26ClN3O2S2. The van der Waals surface area contributed by atoms with Crippen molar-refractivity contribution >= 4 is 54.4 Å². The van der Waals surface area contributed by atoms with E-state index < -0.39 is 10.0 Å². The molecule has 1 aliphatic heterocycles. The van der Waals surface area contributed by atoms with Gasteiger partial charge in [0.2, 0.25) is 0 Å². The molecule has 1 aliphatic rings. The van der Waals surface area contributed by atoms with Crippen LogP contribution in [0.4, 0.5) is 11.4 Å². The molecule has 0 unspecified atom stereocenters. The summed E-state index contributed by atoms with van der Waals surface area (Å²) in [5, 5.41) is 4.86. The van der Waals surface area contributed by atoms with E-state index in [0.717, 1.165) is 60.4 Å². The molecule has 2 aromatic carbocycles. The van der Waals surface area contributed by atoms with Crippen LogP contribution in [0.15, 0.2) is 40.6 Å². The molecule has 2 heterocycles. The van der Waals surface area contributed by atoms with E-state index in [1.54, 1.807) is 6.07 Å². The molecule has 8 heteroatoms. The van der Waals surface area contributed by atoms with Crippen molar-refractivity contribution in [2.45, 2.75) is 30.9 Å². The van der Waals surface area contributed by atoms with Crippen molar-refractivity contribution in [2.24, 2.45) is 0 Å². The fourth-order valence-corrected chi connectivity index (χ4v) is 6.91. The summed E-state index contributed by atoms with van der Waals surface area (Å²) >= 11 is 7.38. The van der Waals surface area contributed by atoms with Gasteiger partial charge in [-0.3, -0.25) is 4.72 Å². The van der Waals surface area contributed by atoms with E-state index >= 15 is 0 Å². The van der Waals surface area contributed by atoms with E-state index in [1.807, 2.05) is 31.2 Å². The lowest BCUT2D eigenvalue weighted by molar-refractivity contribution is 0.587. The summed E-state index contributed by atoms with van der Waals surface area (Å²) in [5.74, 6) is 0. The molecule has 0 saturated carbocycles. The van der Waals surface area contributed by atoms with Gasteiger partial charge in [-0.1, -0.05) is 31.0 Å². The average Bonchev–Trinajstić information content (AvgIpc) is 3.07. The predicted molar refractivity (Wildman–Crippen MR) is 128 cm³/mol. The van der Waals surface area contributed by atoms with Crippen molar-refractivity contribution in [1.29, 1.82) is 0 Å². The Labute approximate surface area is 187 Å². The maximum atomic E-state index is 13.2. The monoisotopic (exact) mass is 463 g/mol. The second-order valence-electron chi connectivity index (χ2n) is 7.59. The number of nitrogens with zero attached hydrogens (tertiary/aromatic N) is 1. The smallest absolute Gasteiger partial charge is 0.271 e. The molecule has 0 atom stereocenters. The second kappa shape index (κ2) is 8.75. The molecule has 5 nitrogen and oxygen atoms in total. The van der Waals surface area contributed by atoms with E-state index in [9.17, 15) is 8.42 Å². The summed E-state index contributed by atoms with van der Waals surface area (Å²) < 4.78 is 30.5. The summed E-state index contributed by atoms with van der Waals surface area (Å²) in [4.78, 5) is 2.34. The molecular weight excluding hydrogens is 438 g/mol. The topological polar surface area (TPSA) is 61.4 Å². The summed E-state index contributed by atoms with van der Waals surface area (Å²) in [6, 6.07) is 11.4. The number of hydrogen-bond acceptors (Lipinski definition) is 5. The number of fused-ring (bicyclic) bond motifs is 1. The third-order valence-electron chi connectivity index (χ3n) is 5.41. The number of halogens is 1. The normalized spacial score (nSPS) is 15.0. The van der Waals surface area contributed by atoms with Crippen molar-refractivity contribution in [3.05, 3.63) is 52.5 Å². The van der Waals surface area contributed by atoms with Crippen LogP contribution in [0.3, 0.4) is 0 Å². The first-order valence-corrected chi connectivity index (χ1v) is 12.9. The zero-order chi connectivity index (χ0) is 21.3. The minimum Gasteiger partial charge on any atom is -0.369 e. The minimum atomic E-state index is -3.70. The van der Waals surface area contributed by atoms with Crippen molar-refractivity contribution in [2.75, 3.05) is 35.8 Å². The highest BCUT2D eigenvalue weighted by molar-refractivity contribution is 7.94. The van der Waals surface area contributed by atoms with Gasteiger partial charge in [0.25, 0.3) is 10.0 Å². The Morgan fingerprint density at radius 1 is 1.17 bits per heavy atom. The molecule has 1 aromatic heterocycles. The molecule has 1 fully saturated rings. The number of nitrogens with one attached hydrogen (secondary N) is 2. The standard InChI is InChI=1S/C22H26ClN3O2S2/c1-3-4-16-5-7-18(14-20(16)26-11-9-24-10-12-26)25-30(27,28)22-15(2)19-13-17(23)6-8-21(19)29-22/h5-8,13-14,24-25H,3-4,9-12H2,1-2H3. The van der Waals surface area contributed by atoms with Gasteiger partial charge < -0.3 is 10.2 Å². The van der Waals surface area contributed by atoms with Crippen LogP contribution in [0.25, 0.3) is 10.1 Å². The third-order valence-corrected chi connectivity index (χ3v) is 8.92. The van der Waals surface area contributed by atoms with Crippen molar-refractivity contribution in [3.63, 3.8) is 0 Å². The lowest BCUT2D eigenvalue weighted by Gasteiger charge is -2.31. The van der Waals surface area contributed by atoms with Gasteiger partial charge in [0.1, 0.15) is 4.21 Å². The SMILES string of the molecule is CCCc1ccc(NS(=O)(=O)c2sc3ccc(Cl)cc3c2C)cc1N1CCNCC1. The van der Waals surface area contributed by atoms with E-state index in [0.29, 0.717) is 14.9 Å². The highest BCUT2D eigenvalue weighted by atomic mass is 35.5. The number of sulfonamides is 1. The van der Waals surface area contributed by atoms with E-state index in [-0.39, 0.29) is 0 Å². The van der Waals surface area contributed by atoms with E-state index in [1.165, 1.54) is 16.9 Å². The molecule has 0 bridgehead atoms. The van der Waals surface area contributed by atoms with Crippen LogP contribution in [0.2, 0.25) is 5.02 Å². The van der Waals surface area contributed by atoms with Crippen molar-refractivity contribution < 1.29 is 8.42 Å². The quantitative estimate of drug-likeness (QED) is 0.538. The van der Waals surface area contributed by atoms with E-state index in [2.05, 4.69) is 27.9 Å².